The molecule has 1 aromatic heterocycles. The van der Waals surface area contributed by atoms with Crippen LogP contribution < -0.4 is 10.1 Å². The van der Waals surface area contributed by atoms with Crippen molar-refractivity contribution in [3.8, 4) is 11.6 Å². The first kappa shape index (κ1) is 16.4. The Kier molecular flexibility index (Phi) is 5.05. The molecule has 24 heavy (non-hydrogen) atoms. The standard InChI is InChI=1S/C18H19FN2O3/c19-13-5-7-14(8-6-13)24-17-9-4-12(10-20-17)11-21-18(23)15-2-1-3-16(15)22/h4-10,15-16,22H,1-3,11H2,(H,21,23). The van der Waals surface area contributed by atoms with E-state index in [2.05, 4.69) is 10.3 Å². The van der Waals surface area contributed by atoms with Crippen LogP contribution in [0.1, 0.15) is 24.8 Å². The second-order valence-corrected chi connectivity index (χ2v) is 5.88. The van der Waals surface area contributed by atoms with Gasteiger partial charge in [-0.2, -0.15) is 0 Å². The molecule has 2 aromatic rings. The smallest absolute Gasteiger partial charge is 0.225 e. The lowest BCUT2D eigenvalue weighted by atomic mass is 10.1. The molecule has 0 saturated heterocycles. The Bertz CT molecular complexity index is 688. The van der Waals surface area contributed by atoms with E-state index in [4.69, 9.17) is 4.74 Å². The Morgan fingerprint density at radius 1 is 1.25 bits per heavy atom. The van der Waals surface area contributed by atoms with Crippen molar-refractivity contribution < 1.29 is 19.0 Å². The summed E-state index contributed by atoms with van der Waals surface area (Å²) in [7, 11) is 0. The second-order valence-electron chi connectivity index (χ2n) is 5.88. The summed E-state index contributed by atoms with van der Waals surface area (Å²) < 4.78 is 18.4. The molecular weight excluding hydrogens is 311 g/mol. The molecule has 6 heteroatoms. The van der Waals surface area contributed by atoms with E-state index in [0.29, 0.717) is 24.6 Å². The maximum absolute atomic E-state index is 12.8. The highest BCUT2D eigenvalue weighted by molar-refractivity contribution is 5.79. The second kappa shape index (κ2) is 7.40. The summed E-state index contributed by atoms with van der Waals surface area (Å²) in [5.41, 5.74) is 0.835. The SMILES string of the molecule is O=C(NCc1ccc(Oc2ccc(F)cc2)nc1)C1CCCC1O. The number of amides is 1. The van der Waals surface area contributed by atoms with E-state index in [1.165, 1.54) is 24.3 Å². The van der Waals surface area contributed by atoms with Crippen LogP contribution in [0.3, 0.4) is 0 Å². The minimum atomic E-state index is -0.533. The number of nitrogens with one attached hydrogen (secondary N) is 1. The molecule has 1 heterocycles. The Balaban J connectivity index is 1.52. The van der Waals surface area contributed by atoms with Crippen LogP contribution in [0.25, 0.3) is 0 Å². The average Bonchev–Trinajstić information content (AvgIpc) is 3.02. The lowest BCUT2D eigenvalue weighted by Gasteiger charge is -2.14. The number of pyridine rings is 1. The monoisotopic (exact) mass is 330 g/mol. The molecule has 0 radical (unpaired) electrons. The quantitative estimate of drug-likeness (QED) is 0.884. The van der Waals surface area contributed by atoms with Gasteiger partial charge in [0, 0.05) is 18.8 Å². The normalized spacial score (nSPS) is 19.9. The van der Waals surface area contributed by atoms with E-state index >= 15 is 0 Å². The first-order valence-electron chi connectivity index (χ1n) is 7.96. The molecule has 1 aliphatic rings. The van der Waals surface area contributed by atoms with Gasteiger partial charge in [-0.05, 0) is 49.1 Å². The van der Waals surface area contributed by atoms with Crippen LogP contribution in [0.2, 0.25) is 0 Å². The van der Waals surface area contributed by atoms with Gasteiger partial charge in [0.1, 0.15) is 11.6 Å². The summed E-state index contributed by atoms with van der Waals surface area (Å²) >= 11 is 0. The fraction of sp³-hybridized carbons (Fsp3) is 0.333. The Labute approximate surface area is 139 Å². The van der Waals surface area contributed by atoms with Gasteiger partial charge in [0.15, 0.2) is 0 Å². The molecule has 2 N–H and O–H groups in total. The molecule has 1 saturated carbocycles. The number of aromatic nitrogens is 1. The number of hydrogen-bond acceptors (Lipinski definition) is 4. The molecule has 0 bridgehead atoms. The molecule has 1 aliphatic carbocycles. The van der Waals surface area contributed by atoms with Crippen LogP contribution in [0, 0.1) is 11.7 Å². The topological polar surface area (TPSA) is 71.5 Å². The van der Waals surface area contributed by atoms with Crippen LogP contribution in [0.15, 0.2) is 42.6 Å². The summed E-state index contributed by atoms with van der Waals surface area (Å²) in [6, 6.07) is 9.18. The lowest BCUT2D eigenvalue weighted by molar-refractivity contribution is -0.127. The van der Waals surface area contributed by atoms with Gasteiger partial charge in [0.25, 0.3) is 0 Å². The number of aliphatic hydroxyl groups excluding tert-OH is 1. The predicted molar refractivity (Wildman–Crippen MR) is 85.9 cm³/mol. The first-order chi connectivity index (χ1) is 11.6. The minimum absolute atomic E-state index is 0.119. The number of ether oxygens (including phenoxy) is 1. The van der Waals surface area contributed by atoms with Crippen LogP contribution in [0.4, 0.5) is 4.39 Å². The van der Waals surface area contributed by atoms with E-state index in [1.54, 1.807) is 18.3 Å². The number of rotatable bonds is 5. The predicted octanol–water partition coefficient (Wildman–Crippen LogP) is 2.79. The third-order valence-electron chi connectivity index (χ3n) is 4.12. The van der Waals surface area contributed by atoms with Crippen molar-refractivity contribution in [2.24, 2.45) is 5.92 Å². The van der Waals surface area contributed by atoms with Crippen molar-refractivity contribution in [1.29, 1.82) is 0 Å². The van der Waals surface area contributed by atoms with Gasteiger partial charge in [0.05, 0.1) is 12.0 Å². The third kappa shape index (κ3) is 4.08. The molecule has 5 nitrogen and oxygen atoms in total. The van der Waals surface area contributed by atoms with E-state index < -0.39 is 6.10 Å². The maximum Gasteiger partial charge on any atom is 0.225 e. The molecule has 0 spiro atoms. The lowest BCUT2D eigenvalue weighted by Crippen LogP contribution is -2.34. The number of carbonyl (C=O) groups is 1. The number of benzene rings is 1. The summed E-state index contributed by atoms with van der Waals surface area (Å²) in [5, 5.41) is 12.6. The highest BCUT2D eigenvalue weighted by Gasteiger charge is 2.31. The van der Waals surface area contributed by atoms with E-state index in [0.717, 1.165) is 18.4 Å². The highest BCUT2D eigenvalue weighted by Crippen LogP contribution is 2.25. The fourth-order valence-corrected chi connectivity index (χ4v) is 2.77. The molecule has 1 aromatic carbocycles. The van der Waals surface area contributed by atoms with Crippen molar-refractivity contribution in [3.05, 3.63) is 54.0 Å². The van der Waals surface area contributed by atoms with Gasteiger partial charge in [-0.3, -0.25) is 4.79 Å². The number of hydrogen-bond donors (Lipinski definition) is 2. The summed E-state index contributed by atoms with van der Waals surface area (Å²) in [6.45, 7) is 0.353. The highest BCUT2D eigenvalue weighted by atomic mass is 19.1. The van der Waals surface area contributed by atoms with E-state index in [-0.39, 0.29) is 17.6 Å². The Morgan fingerprint density at radius 2 is 2.04 bits per heavy atom. The molecule has 3 rings (SSSR count). The largest absolute Gasteiger partial charge is 0.439 e. The number of aliphatic hydroxyl groups is 1. The Hall–Kier alpha value is -2.47. The van der Waals surface area contributed by atoms with Crippen molar-refractivity contribution in [3.63, 3.8) is 0 Å². The molecular formula is C18H19FN2O3. The van der Waals surface area contributed by atoms with Gasteiger partial charge in [0.2, 0.25) is 11.8 Å². The average molecular weight is 330 g/mol. The van der Waals surface area contributed by atoms with Crippen molar-refractivity contribution >= 4 is 5.91 Å². The van der Waals surface area contributed by atoms with Crippen LogP contribution in [-0.2, 0) is 11.3 Å². The molecule has 2 unspecified atom stereocenters. The minimum Gasteiger partial charge on any atom is -0.439 e. The van der Waals surface area contributed by atoms with Gasteiger partial charge in [-0.15, -0.1) is 0 Å². The van der Waals surface area contributed by atoms with Crippen molar-refractivity contribution in [2.75, 3.05) is 0 Å². The zero-order valence-electron chi connectivity index (χ0n) is 13.1. The van der Waals surface area contributed by atoms with Gasteiger partial charge >= 0.3 is 0 Å². The van der Waals surface area contributed by atoms with Crippen LogP contribution in [0.5, 0.6) is 11.6 Å². The zero-order valence-corrected chi connectivity index (χ0v) is 13.1. The summed E-state index contributed by atoms with van der Waals surface area (Å²) in [6.07, 6.45) is 3.39. The summed E-state index contributed by atoms with van der Waals surface area (Å²) in [4.78, 5) is 16.2. The molecule has 1 amide bonds. The maximum atomic E-state index is 12.8. The van der Waals surface area contributed by atoms with Crippen LogP contribution in [-0.4, -0.2) is 22.1 Å². The van der Waals surface area contributed by atoms with Gasteiger partial charge in [-0.25, -0.2) is 9.37 Å². The van der Waals surface area contributed by atoms with E-state index in [1.807, 2.05) is 0 Å². The van der Waals surface area contributed by atoms with Crippen molar-refractivity contribution in [1.82, 2.24) is 10.3 Å². The van der Waals surface area contributed by atoms with E-state index in [9.17, 15) is 14.3 Å². The Morgan fingerprint density at radius 3 is 2.67 bits per heavy atom. The molecule has 2 atom stereocenters. The molecule has 126 valence electrons. The molecule has 0 aliphatic heterocycles. The van der Waals surface area contributed by atoms with Crippen molar-refractivity contribution in [2.45, 2.75) is 31.9 Å². The van der Waals surface area contributed by atoms with Gasteiger partial charge < -0.3 is 15.2 Å². The molecule has 1 fully saturated rings. The number of carbonyl (C=O) groups excluding carboxylic acids is 1. The fourth-order valence-electron chi connectivity index (χ4n) is 2.77. The zero-order chi connectivity index (χ0) is 16.9. The summed E-state index contributed by atoms with van der Waals surface area (Å²) in [5.74, 6) is 0.141. The third-order valence-corrected chi connectivity index (χ3v) is 4.12. The first-order valence-corrected chi connectivity index (χ1v) is 7.96. The van der Waals surface area contributed by atoms with Crippen LogP contribution >= 0.6 is 0 Å². The number of halogens is 1. The van der Waals surface area contributed by atoms with Gasteiger partial charge in [-0.1, -0.05) is 6.07 Å². The number of nitrogens with zero attached hydrogens (tertiary/aromatic N) is 1.